The van der Waals surface area contributed by atoms with Crippen molar-refractivity contribution in [2.45, 2.75) is 19.6 Å². The van der Waals surface area contributed by atoms with Gasteiger partial charge >= 0.3 is 0 Å². The van der Waals surface area contributed by atoms with Crippen LogP contribution in [0.25, 0.3) is 0 Å². The fraction of sp³-hybridized carbons (Fsp3) is 0.250. The molecule has 1 aliphatic heterocycles. The van der Waals surface area contributed by atoms with Gasteiger partial charge in [-0.05, 0) is 47.4 Å². The van der Waals surface area contributed by atoms with Crippen LogP contribution in [0.1, 0.15) is 16.7 Å². The molecular weight excluding hydrogens is 304 g/mol. The lowest BCUT2D eigenvalue weighted by Gasteiger charge is -2.30. The Morgan fingerprint density at radius 2 is 2.05 bits per heavy atom. The van der Waals surface area contributed by atoms with E-state index in [2.05, 4.69) is 0 Å². The molecule has 0 radical (unpaired) electrons. The summed E-state index contributed by atoms with van der Waals surface area (Å²) in [6.07, 6.45) is 0.813. The third kappa shape index (κ3) is 2.77. The molecule has 5 nitrogen and oxygen atoms in total. The standard InChI is InChI=1S/C16H15ClN2O3/c17-14-3-2-12-5-6-18(9-13(12)8-14)16-7-11(10-20)1-4-15(16)19(21)22/h1-4,7-8,20H,5-6,9-10H2. The van der Waals surface area contributed by atoms with Gasteiger partial charge in [0.2, 0.25) is 0 Å². The minimum atomic E-state index is -0.385. The molecule has 1 aliphatic rings. The Kier molecular flexibility index (Phi) is 4.00. The van der Waals surface area contributed by atoms with Gasteiger partial charge in [-0.2, -0.15) is 0 Å². The van der Waals surface area contributed by atoms with Crippen molar-refractivity contribution >= 4 is 23.0 Å². The summed E-state index contributed by atoms with van der Waals surface area (Å²) < 4.78 is 0. The van der Waals surface area contributed by atoms with Gasteiger partial charge in [0.1, 0.15) is 5.69 Å². The molecule has 0 fully saturated rings. The number of nitro groups is 1. The van der Waals surface area contributed by atoms with E-state index in [1.54, 1.807) is 12.1 Å². The number of aliphatic hydroxyl groups excluding tert-OH is 1. The molecule has 0 aliphatic carbocycles. The SMILES string of the molecule is O=[N+]([O-])c1ccc(CO)cc1N1CCc2ccc(Cl)cc2C1. The van der Waals surface area contributed by atoms with Gasteiger partial charge in [-0.3, -0.25) is 10.1 Å². The van der Waals surface area contributed by atoms with Crippen LogP contribution in [0, 0.1) is 10.1 Å². The quantitative estimate of drug-likeness (QED) is 0.696. The summed E-state index contributed by atoms with van der Waals surface area (Å²) in [6, 6.07) is 10.5. The Hall–Kier alpha value is -2.11. The first-order valence-corrected chi connectivity index (χ1v) is 7.36. The number of hydrogen-bond donors (Lipinski definition) is 1. The number of nitro benzene ring substituents is 1. The maximum absolute atomic E-state index is 11.3. The monoisotopic (exact) mass is 318 g/mol. The van der Waals surface area contributed by atoms with E-state index in [0.717, 1.165) is 12.0 Å². The summed E-state index contributed by atoms with van der Waals surface area (Å²) in [4.78, 5) is 12.8. The maximum Gasteiger partial charge on any atom is 0.292 e. The van der Waals surface area contributed by atoms with Crippen molar-refractivity contribution in [1.82, 2.24) is 0 Å². The van der Waals surface area contributed by atoms with Crippen LogP contribution in [-0.4, -0.2) is 16.6 Å². The zero-order valence-electron chi connectivity index (χ0n) is 11.8. The van der Waals surface area contributed by atoms with Crippen molar-refractivity contribution in [2.75, 3.05) is 11.4 Å². The largest absolute Gasteiger partial charge is 0.392 e. The summed E-state index contributed by atoms with van der Waals surface area (Å²) in [5, 5.41) is 21.2. The first-order valence-electron chi connectivity index (χ1n) is 6.99. The molecule has 22 heavy (non-hydrogen) atoms. The molecule has 1 heterocycles. The van der Waals surface area contributed by atoms with Crippen LogP contribution >= 0.6 is 11.6 Å². The molecule has 0 atom stereocenters. The second-order valence-electron chi connectivity index (χ2n) is 5.32. The van der Waals surface area contributed by atoms with Crippen molar-refractivity contribution < 1.29 is 10.0 Å². The van der Waals surface area contributed by atoms with E-state index in [0.29, 0.717) is 29.4 Å². The molecule has 3 rings (SSSR count). The molecule has 0 spiro atoms. The van der Waals surface area contributed by atoms with Crippen LogP contribution < -0.4 is 4.90 Å². The summed E-state index contributed by atoms with van der Waals surface area (Å²) in [6.45, 7) is 1.14. The molecule has 6 heteroatoms. The fourth-order valence-corrected chi connectivity index (χ4v) is 3.00. The summed E-state index contributed by atoms with van der Waals surface area (Å²) in [7, 11) is 0. The molecule has 2 aromatic rings. The third-order valence-corrected chi connectivity index (χ3v) is 4.18. The number of fused-ring (bicyclic) bond motifs is 1. The molecule has 0 unspecified atom stereocenters. The lowest BCUT2D eigenvalue weighted by Crippen LogP contribution is -2.30. The lowest BCUT2D eigenvalue weighted by molar-refractivity contribution is -0.384. The molecule has 1 N–H and O–H groups in total. The average Bonchev–Trinajstić information content (AvgIpc) is 2.53. The predicted octanol–water partition coefficient (Wildman–Crippen LogP) is 3.30. The van der Waals surface area contributed by atoms with Crippen LogP contribution in [0.2, 0.25) is 5.02 Å². The number of rotatable bonds is 3. The molecule has 0 saturated heterocycles. The Balaban J connectivity index is 1.99. The van der Waals surface area contributed by atoms with Gasteiger partial charge in [0.15, 0.2) is 0 Å². The lowest BCUT2D eigenvalue weighted by atomic mass is 9.99. The molecule has 2 aromatic carbocycles. The minimum absolute atomic E-state index is 0.0580. The summed E-state index contributed by atoms with van der Waals surface area (Å²) >= 11 is 6.04. The fourth-order valence-electron chi connectivity index (χ4n) is 2.81. The second-order valence-corrected chi connectivity index (χ2v) is 5.76. The zero-order valence-corrected chi connectivity index (χ0v) is 12.6. The number of hydrogen-bond acceptors (Lipinski definition) is 4. The summed E-state index contributed by atoms with van der Waals surface area (Å²) in [5.74, 6) is 0. The van der Waals surface area contributed by atoms with Crippen LogP contribution in [0.4, 0.5) is 11.4 Å². The van der Waals surface area contributed by atoms with Crippen molar-refractivity contribution in [3.63, 3.8) is 0 Å². The highest BCUT2D eigenvalue weighted by molar-refractivity contribution is 6.30. The highest BCUT2D eigenvalue weighted by Gasteiger charge is 2.23. The Morgan fingerprint density at radius 3 is 2.77 bits per heavy atom. The Morgan fingerprint density at radius 1 is 1.23 bits per heavy atom. The van der Waals surface area contributed by atoms with E-state index >= 15 is 0 Å². The Bertz CT molecular complexity index is 733. The van der Waals surface area contributed by atoms with Gasteiger partial charge in [0.05, 0.1) is 11.5 Å². The maximum atomic E-state index is 11.3. The minimum Gasteiger partial charge on any atom is -0.392 e. The smallest absolute Gasteiger partial charge is 0.292 e. The van der Waals surface area contributed by atoms with E-state index in [9.17, 15) is 15.2 Å². The van der Waals surface area contributed by atoms with Gasteiger partial charge in [-0.1, -0.05) is 17.7 Å². The van der Waals surface area contributed by atoms with E-state index in [1.807, 2.05) is 23.1 Å². The first-order chi connectivity index (χ1) is 10.6. The van der Waals surface area contributed by atoms with Gasteiger partial charge in [0.25, 0.3) is 5.69 Å². The molecule has 0 saturated carbocycles. The molecule has 0 amide bonds. The number of aliphatic hydroxyl groups is 1. The predicted molar refractivity (Wildman–Crippen MR) is 85.2 cm³/mol. The van der Waals surface area contributed by atoms with Gasteiger partial charge in [-0.15, -0.1) is 0 Å². The van der Waals surface area contributed by atoms with Crippen molar-refractivity contribution in [2.24, 2.45) is 0 Å². The number of halogens is 1. The molecule has 0 aromatic heterocycles. The van der Waals surface area contributed by atoms with Crippen LogP contribution in [0.15, 0.2) is 36.4 Å². The molecule has 114 valence electrons. The van der Waals surface area contributed by atoms with Gasteiger partial charge < -0.3 is 10.0 Å². The van der Waals surface area contributed by atoms with E-state index in [-0.39, 0.29) is 17.2 Å². The van der Waals surface area contributed by atoms with E-state index < -0.39 is 0 Å². The normalized spacial score (nSPS) is 13.8. The topological polar surface area (TPSA) is 66.6 Å². The van der Waals surface area contributed by atoms with Crippen LogP contribution in [0.5, 0.6) is 0 Å². The van der Waals surface area contributed by atoms with E-state index in [4.69, 9.17) is 11.6 Å². The van der Waals surface area contributed by atoms with E-state index in [1.165, 1.54) is 11.6 Å². The highest BCUT2D eigenvalue weighted by Crippen LogP contribution is 2.33. The zero-order chi connectivity index (χ0) is 15.7. The third-order valence-electron chi connectivity index (χ3n) is 3.94. The van der Waals surface area contributed by atoms with Crippen molar-refractivity contribution in [1.29, 1.82) is 0 Å². The highest BCUT2D eigenvalue weighted by atomic mass is 35.5. The van der Waals surface area contributed by atoms with Crippen molar-refractivity contribution in [3.05, 3.63) is 68.2 Å². The van der Waals surface area contributed by atoms with Crippen LogP contribution in [0.3, 0.4) is 0 Å². The average molecular weight is 319 g/mol. The van der Waals surface area contributed by atoms with Crippen molar-refractivity contribution in [3.8, 4) is 0 Å². The van der Waals surface area contributed by atoms with Gasteiger partial charge in [-0.25, -0.2) is 0 Å². The summed E-state index contributed by atoms with van der Waals surface area (Å²) in [5.41, 5.74) is 3.58. The van der Waals surface area contributed by atoms with Gasteiger partial charge in [0, 0.05) is 24.2 Å². The molecular formula is C16H15ClN2O3. The molecule has 0 bridgehead atoms. The number of benzene rings is 2. The van der Waals surface area contributed by atoms with Crippen LogP contribution in [-0.2, 0) is 19.6 Å². The number of nitrogens with zero attached hydrogens (tertiary/aromatic N) is 2. The number of anilines is 1. The second kappa shape index (κ2) is 5.94. The first kappa shape index (κ1) is 14.8. The Labute approximate surface area is 132 Å².